The minimum atomic E-state index is 0.809. The molecular weight excluding hydrogens is 364 g/mol. The summed E-state index contributed by atoms with van der Waals surface area (Å²) in [6.45, 7) is 4.39. The van der Waals surface area contributed by atoms with Crippen LogP contribution in [0, 0.1) is 0 Å². The number of rotatable bonds is 5. The van der Waals surface area contributed by atoms with Crippen LogP contribution in [0.15, 0.2) is 33.9 Å². The van der Waals surface area contributed by atoms with Crippen molar-refractivity contribution in [1.82, 2.24) is 19.7 Å². The molecule has 0 saturated carbocycles. The number of benzene rings is 1. The van der Waals surface area contributed by atoms with Gasteiger partial charge >= 0.3 is 0 Å². The zero-order valence-electron chi connectivity index (χ0n) is 12.5. The number of halogens is 1. The van der Waals surface area contributed by atoms with Gasteiger partial charge < -0.3 is 9.30 Å². The molecule has 5 nitrogen and oxygen atoms in total. The molecule has 1 aliphatic rings. The zero-order valence-corrected chi connectivity index (χ0v) is 14.9. The molecule has 118 valence electrons. The van der Waals surface area contributed by atoms with Crippen molar-refractivity contribution in [3.8, 4) is 0 Å². The highest BCUT2D eigenvalue weighted by Crippen LogP contribution is 2.22. The number of hydrogen-bond donors (Lipinski definition) is 0. The van der Waals surface area contributed by atoms with Crippen molar-refractivity contribution in [2.75, 3.05) is 26.3 Å². The van der Waals surface area contributed by atoms with Gasteiger partial charge in [0, 0.05) is 30.4 Å². The minimum absolute atomic E-state index is 0.809. The maximum Gasteiger partial charge on any atom is 0.191 e. The smallest absolute Gasteiger partial charge is 0.191 e. The van der Waals surface area contributed by atoms with E-state index in [-0.39, 0.29) is 0 Å². The Morgan fingerprint density at radius 2 is 1.91 bits per heavy atom. The van der Waals surface area contributed by atoms with Crippen molar-refractivity contribution in [2.45, 2.75) is 17.5 Å². The summed E-state index contributed by atoms with van der Waals surface area (Å²) >= 11 is 5.18. The van der Waals surface area contributed by atoms with E-state index < -0.39 is 0 Å². The fraction of sp³-hybridized carbons (Fsp3) is 0.467. The maximum absolute atomic E-state index is 5.38. The second-order valence-corrected chi connectivity index (χ2v) is 7.12. The van der Waals surface area contributed by atoms with Gasteiger partial charge in [0.2, 0.25) is 0 Å². The summed E-state index contributed by atoms with van der Waals surface area (Å²) in [5.74, 6) is 1.91. The Kier molecular flexibility index (Phi) is 5.51. The van der Waals surface area contributed by atoms with Gasteiger partial charge in [-0.25, -0.2) is 0 Å². The SMILES string of the molecule is Cn1c(CN2CCOCC2)nnc1SCc1ccc(Br)cc1. The van der Waals surface area contributed by atoms with Gasteiger partial charge in [-0.1, -0.05) is 39.8 Å². The Hall–Kier alpha value is -0.890. The molecule has 2 heterocycles. The number of thioether (sulfide) groups is 1. The lowest BCUT2D eigenvalue weighted by Crippen LogP contribution is -2.36. The van der Waals surface area contributed by atoms with Gasteiger partial charge in [0.25, 0.3) is 0 Å². The molecule has 0 radical (unpaired) electrons. The van der Waals surface area contributed by atoms with Crippen LogP contribution < -0.4 is 0 Å². The van der Waals surface area contributed by atoms with Gasteiger partial charge in [0.15, 0.2) is 5.16 Å². The average molecular weight is 383 g/mol. The van der Waals surface area contributed by atoms with E-state index in [1.165, 1.54) is 5.56 Å². The Bertz CT molecular complexity index is 611. The van der Waals surface area contributed by atoms with Gasteiger partial charge in [-0.15, -0.1) is 10.2 Å². The van der Waals surface area contributed by atoms with Crippen LogP contribution in [-0.2, 0) is 24.1 Å². The summed E-state index contributed by atoms with van der Waals surface area (Å²) < 4.78 is 8.58. The first-order valence-corrected chi connectivity index (χ1v) is 9.06. The van der Waals surface area contributed by atoms with Crippen molar-refractivity contribution in [3.63, 3.8) is 0 Å². The Balaban J connectivity index is 1.59. The summed E-state index contributed by atoms with van der Waals surface area (Å²) in [4.78, 5) is 2.36. The summed E-state index contributed by atoms with van der Waals surface area (Å²) in [5.41, 5.74) is 1.28. The fourth-order valence-corrected chi connectivity index (χ4v) is 3.45. The molecule has 1 aromatic carbocycles. The predicted molar refractivity (Wildman–Crippen MR) is 90.8 cm³/mol. The van der Waals surface area contributed by atoms with E-state index >= 15 is 0 Å². The minimum Gasteiger partial charge on any atom is -0.379 e. The van der Waals surface area contributed by atoms with Crippen LogP contribution in [0.4, 0.5) is 0 Å². The quantitative estimate of drug-likeness (QED) is 0.743. The zero-order chi connectivity index (χ0) is 15.4. The average Bonchev–Trinajstić information content (AvgIpc) is 2.88. The van der Waals surface area contributed by atoms with Crippen LogP contribution in [0.1, 0.15) is 11.4 Å². The van der Waals surface area contributed by atoms with Crippen molar-refractivity contribution in [3.05, 3.63) is 40.1 Å². The number of morpholine rings is 1. The fourth-order valence-electron chi connectivity index (χ4n) is 2.30. The Labute approximate surface area is 143 Å². The van der Waals surface area contributed by atoms with E-state index in [0.717, 1.165) is 54.1 Å². The summed E-state index contributed by atoms with van der Waals surface area (Å²) in [6, 6.07) is 8.39. The maximum atomic E-state index is 5.38. The van der Waals surface area contributed by atoms with Crippen LogP contribution in [0.2, 0.25) is 0 Å². The van der Waals surface area contributed by atoms with E-state index in [1.807, 2.05) is 7.05 Å². The normalized spacial score (nSPS) is 16.1. The monoisotopic (exact) mass is 382 g/mol. The van der Waals surface area contributed by atoms with Gasteiger partial charge in [-0.05, 0) is 17.7 Å². The highest BCUT2D eigenvalue weighted by atomic mass is 79.9. The first-order chi connectivity index (χ1) is 10.7. The Morgan fingerprint density at radius 1 is 1.18 bits per heavy atom. The number of aromatic nitrogens is 3. The molecule has 1 aliphatic heterocycles. The number of ether oxygens (including phenoxy) is 1. The number of hydrogen-bond acceptors (Lipinski definition) is 5. The summed E-state index contributed by atoms with van der Waals surface area (Å²) in [7, 11) is 2.04. The van der Waals surface area contributed by atoms with Crippen molar-refractivity contribution >= 4 is 27.7 Å². The van der Waals surface area contributed by atoms with E-state index in [2.05, 4.69) is 59.9 Å². The lowest BCUT2D eigenvalue weighted by Gasteiger charge is -2.25. The third-order valence-corrected chi connectivity index (χ3v) is 5.30. The second kappa shape index (κ2) is 7.59. The lowest BCUT2D eigenvalue weighted by atomic mass is 10.2. The van der Waals surface area contributed by atoms with Gasteiger partial charge in [-0.3, -0.25) is 4.90 Å². The van der Waals surface area contributed by atoms with Gasteiger partial charge in [0.1, 0.15) is 5.82 Å². The van der Waals surface area contributed by atoms with E-state index in [0.29, 0.717) is 0 Å². The molecule has 1 aromatic heterocycles. The molecule has 0 unspecified atom stereocenters. The van der Waals surface area contributed by atoms with E-state index in [9.17, 15) is 0 Å². The summed E-state index contributed by atoms with van der Waals surface area (Å²) in [6.07, 6.45) is 0. The highest BCUT2D eigenvalue weighted by molar-refractivity contribution is 9.10. The standard InChI is InChI=1S/C15H19BrN4OS/c1-19-14(10-20-6-8-21-9-7-20)17-18-15(19)22-11-12-2-4-13(16)5-3-12/h2-5H,6-11H2,1H3. The molecule has 1 fully saturated rings. The third-order valence-electron chi connectivity index (χ3n) is 3.68. The van der Waals surface area contributed by atoms with E-state index in [4.69, 9.17) is 4.74 Å². The third kappa shape index (κ3) is 4.10. The van der Waals surface area contributed by atoms with Crippen LogP contribution >= 0.6 is 27.7 Å². The molecular formula is C15H19BrN4OS. The highest BCUT2D eigenvalue weighted by Gasteiger charge is 2.15. The summed E-state index contributed by atoms with van der Waals surface area (Å²) in [5, 5.41) is 9.63. The first kappa shape index (κ1) is 16.0. The van der Waals surface area contributed by atoms with E-state index in [1.54, 1.807) is 11.8 Å². The van der Waals surface area contributed by atoms with Crippen molar-refractivity contribution in [2.24, 2.45) is 7.05 Å². The largest absolute Gasteiger partial charge is 0.379 e. The van der Waals surface area contributed by atoms with Crippen LogP contribution in [0.5, 0.6) is 0 Å². The molecule has 0 amide bonds. The molecule has 2 aromatic rings. The van der Waals surface area contributed by atoms with Gasteiger partial charge in [-0.2, -0.15) is 0 Å². The molecule has 0 N–H and O–H groups in total. The topological polar surface area (TPSA) is 43.2 Å². The van der Waals surface area contributed by atoms with Crippen LogP contribution in [-0.4, -0.2) is 46.0 Å². The van der Waals surface area contributed by atoms with Gasteiger partial charge in [0.05, 0.1) is 19.8 Å². The van der Waals surface area contributed by atoms with Crippen molar-refractivity contribution in [1.29, 1.82) is 0 Å². The molecule has 22 heavy (non-hydrogen) atoms. The molecule has 0 atom stereocenters. The Morgan fingerprint density at radius 3 is 2.64 bits per heavy atom. The molecule has 3 rings (SSSR count). The second-order valence-electron chi connectivity index (χ2n) is 5.26. The predicted octanol–water partition coefficient (Wildman–Crippen LogP) is 2.70. The first-order valence-electron chi connectivity index (χ1n) is 7.28. The van der Waals surface area contributed by atoms with Crippen LogP contribution in [0.3, 0.4) is 0 Å². The molecule has 0 bridgehead atoms. The number of nitrogens with zero attached hydrogens (tertiary/aromatic N) is 4. The van der Waals surface area contributed by atoms with Crippen molar-refractivity contribution < 1.29 is 4.74 Å². The van der Waals surface area contributed by atoms with Crippen LogP contribution in [0.25, 0.3) is 0 Å². The molecule has 0 spiro atoms. The lowest BCUT2D eigenvalue weighted by molar-refractivity contribution is 0.0326. The molecule has 7 heteroatoms. The molecule has 0 aliphatic carbocycles. The molecule has 1 saturated heterocycles.